The van der Waals surface area contributed by atoms with Gasteiger partial charge in [0.05, 0.1) is 35.0 Å². The molecule has 0 saturated heterocycles. The van der Waals surface area contributed by atoms with E-state index in [1.165, 1.54) is 77.0 Å². The lowest BCUT2D eigenvalue weighted by atomic mass is 10.0. The standard InChI is InChI=1S/C40H42O13/c1-47-33-20-26(7-13-29(33)41)10-17-38(44)51-19-5-6-25-9-16-32(36(22-25)50-4)53-37(40(46)28-12-15-31(43)35(23-28)49-3)24-52-39(45)18-11-27-8-14-30(42)34(21-27)48-2/h7-18,20-23,37,40-43,46H,5-6,19,24H2,1-4H3/t37-,40-/m1/s1. The highest BCUT2D eigenvalue weighted by atomic mass is 16.6. The molecule has 0 radical (unpaired) electrons. The maximum Gasteiger partial charge on any atom is 0.330 e. The molecule has 4 rings (SSSR count). The Morgan fingerprint density at radius 3 is 1.72 bits per heavy atom. The maximum absolute atomic E-state index is 12.7. The van der Waals surface area contributed by atoms with Crippen LogP contribution in [0, 0.1) is 0 Å². The SMILES string of the molecule is COc1cc(C=CC(=O)OCCCc2ccc(O[C@H](COC(=O)C=Cc3ccc(O)c(OC)c3)[C@H](O)c3ccc(O)c(OC)c3)c(OC)c2)ccc1O. The zero-order chi connectivity index (χ0) is 38.3. The zero-order valence-corrected chi connectivity index (χ0v) is 29.7. The third-order valence-corrected chi connectivity index (χ3v) is 7.88. The summed E-state index contributed by atoms with van der Waals surface area (Å²) in [6.07, 6.45) is 4.10. The van der Waals surface area contributed by atoms with Crippen molar-refractivity contribution < 1.29 is 63.2 Å². The quantitative estimate of drug-likeness (QED) is 0.0552. The van der Waals surface area contributed by atoms with Crippen LogP contribution < -0.4 is 23.7 Å². The molecule has 0 aliphatic rings. The highest BCUT2D eigenvalue weighted by Crippen LogP contribution is 2.35. The van der Waals surface area contributed by atoms with Crippen LogP contribution in [0.1, 0.15) is 34.8 Å². The first-order valence-corrected chi connectivity index (χ1v) is 16.4. The molecule has 13 nitrogen and oxygen atoms in total. The van der Waals surface area contributed by atoms with Crippen LogP contribution in [0.2, 0.25) is 0 Å². The summed E-state index contributed by atoms with van der Waals surface area (Å²) in [5.41, 5.74) is 2.42. The minimum absolute atomic E-state index is 0.00410. The van der Waals surface area contributed by atoms with Crippen LogP contribution in [-0.2, 0) is 25.5 Å². The van der Waals surface area contributed by atoms with Gasteiger partial charge >= 0.3 is 11.9 Å². The first kappa shape index (κ1) is 39.4. The molecule has 0 fully saturated rings. The Morgan fingerprint density at radius 2 is 1.15 bits per heavy atom. The third kappa shape index (κ3) is 11.3. The summed E-state index contributed by atoms with van der Waals surface area (Å²) in [4.78, 5) is 24.9. The molecule has 0 amide bonds. The highest BCUT2D eigenvalue weighted by molar-refractivity contribution is 5.87. The smallest absolute Gasteiger partial charge is 0.330 e. The summed E-state index contributed by atoms with van der Waals surface area (Å²) in [6.45, 7) is -0.218. The van der Waals surface area contributed by atoms with Crippen molar-refractivity contribution in [3.05, 3.63) is 107 Å². The van der Waals surface area contributed by atoms with Gasteiger partial charge in [0.15, 0.2) is 52.1 Å². The predicted octanol–water partition coefficient (Wildman–Crippen LogP) is 5.76. The van der Waals surface area contributed by atoms with Crippen molar-refractivity contribution in [1.29, 1.82) is 0 Å². The largest absolute Gasteiger partial charge is 0.504 e. The number of rotatable bonds is 18. The van der Waals surface area contributed by atoms with Gasteiger partial charge in [-0.1, -0.05) is 24.3 Å². The number of carbonyl (C=O) groups is 2. The number of esters is 2. The molecule has 0 aliphatic heterocycles. The number of hydrogen-bond donors (Lipinski definition) is 4. The van der Waals surface area contributed by atoms with Crippen molar-refractivity contribution in [1.82, 2.24) is 0 Å². The fourth-order valence-electron chi connectivity index (χ4n) is 5.04. The van der Waals surface area contributed by atoms with Crippen LogP contribution in [0.4, 0.5) is 0 Å². The number of ether oxygens (including phenoxy) is 7. The number of aromatic hydroxyl groups is 3. The van der Waals surface area contributed by atoms with E-state index in [1.807, 2.05) is 0 Å². The Labute approximate surface area is 306 Å². The molecule has 0 unspecified atom stereocenters. The molecule has 280 valence electrons. The lowest BCUT2D eigenvalue weighted by Crippen LogP contribution is -2.31. The second-order valence-electron chi connectivity index (χ2n) is 11.4. The van der Waals surface area contributed by atoms with E-state index >= 15 is 0 Å². The van der Waals surface area contributed by atoms with Crippen LogP contribution in [0.5, 0.6) is 46.0 Å². The Kier molecular flexibility index (Phi) is 14.4. The van der Waals surface area contributed by atoms with Crippen LogP contribution in [0.15, 0.2) is 84.9 Å². The van der Waals surface area contributed by atoms with E-state index < -0.39 is 24.1 Å². The molecule has 2 atom stereocenters. The molecular formula is C40H42O13. The number of phenolic OH excluding ortho intramolecular Hbond substituents is 3. The van der Waals surface area contributed by atoms with Gasteiger partial charge in [-0.2, -0.15) is 0 Å². The Bertz CT molecular complexity index is 1920. The molecule has 4 N–H and O–H groups in total. The molecule has 0 aromatic heterocycles. The van der Waals surface area contributed by atoms with Gasteiger partial charge in [0, 0.05) is 12.2 Å². The molecule has 53 heavy (non-hydrogen) atoms. The predicted molar refractivity (Wildman–Crippen MR) is 195 cm³/mol. The first-order valence-electron chi connectivity index (χ1n) is 16.4. The van der Waals surface area contributed by atoms with Crippen molar-refractivity contribution in [2.24, 2.45) is 0 Å². The fourth-order valence-corrected chi connectivity index (χ4v) is 5.04. The number of methoxy groups -OCH3 is 4. The average molecular weight is 731 g/mol. The number of aliphatic hydroxyl groups excluding tert-OH is 1. The van der Waals surface area contributed by atoms with E-state index in [0.29, 0.717) is 35.3 Å². The van der Waals surface area contributed by atoms with Gasteiger partial charge in [-0.15, -0.1) is 0 Å². The molecule has 0 aliphatic carbocycles. The minimum Gasteiger partial charge on any atom is -0.504 e. The average Bonchev–Trinajstić information content (AvgIpc) is 3.17. The van der Waals surface area contributed by atoms with Crippen LogP contribution in [-0.4, -0.2) is 80.1 Å². The van der Waals surface area contributed by atoms with Crippen molar-refractivity contribution in [2.75, 3.05) is 41.7 Å². The minimum atomic E-state index is -1.34. The van der Waals surface area contributed by atoms with E-state index in [2.05, 4.69) is 0 Å². The Balaban J connectivity index is 1.41. The zero-order valence-electron chi connectivity index (χ0n) is 29.7. The van der Waals surface area contributed by atoms with Crippen molar-refractivity contribution in [3.63, 3.8) is 0 Å². The molecule has 13 heteroatoms. The van der Waals surface area contributed by atoms with E-state index in [-0.39, 0.29) is 53.5 Å². The number of phenols is 3. The van der Waals surface area contributed by atoms with E-state index in [4.69, 9.17) is 33.2 Å². The topological polar surface area (TPSA) is 180 Å². The van der Waals surface area contributed by atoms with Gasteiger partial charge in [0.25, 0.3) is 0 Å². The lowest BCUT2D eigenvalue weighted by Gasteiger charge is -2.25. The number of benzene rings is 4. The highest BCUT2D eigenvalue weighted by Gasteiger charge is 2.27. The van der Waals surface area contributed by atoms with Gasteiger partial charge in [-0.25, -0.2) is 9.59 Å². The summed E-state index contributed by atoms with van der Waals surface area (Å²) >= 11 is 0. The van der Waals surface area contributed by atoms with Crippen LogP contribution >= 0.6 is 0 Å². The fraction of sp³-hybridized carbons (Fsp3) is 0.250. The van der Waals surface area contributed by atoms with Gasteiger partial charge < -0.3 is 53.6 Å². The maximum atomic E-state index is 12.7. The van der Waals surface area contributed by atoms with E-state index in [0.717, 1.165) is 5.56 Å². The lowest BCUT2D eigenvalue weighted by molar-refractivity contribution is -0.142. The van der Waals surface area contributed by atoms with Crippen molar-refractivity contribution in [2.45, 2.75) is 25.0 Å². The first-order chi connectivity index (χ1) is 25.5. The molecule has 0 heterocycles. The third-order valence-electron chi connectivity index (χ3n) is 7.88. The summed E-state index contributed by atoms with van der Waals surface area (Å²) in [5, 5.41) is 41.0. The Hall–Kier alpha value is -6.34. The second-order valence-corrected chi connectivity index (χ2v) is 11.4. The number of carbonyl (C=O) groups excluding carboxylic acids is 2. The molecule has 0 saturated carbocycles. The molecule has 4 aromatic carbocycles. The normalized spacial score (nSPS) is 12.2. The van der Waals surface area contributed by atoms with E-state index in [1.54, 1.807) is 48.5 Å². The van der Waals surface area contributed by atoms with Gasteiger partial charge in [0.2, 0.25) is 0 Å². The van der Waals surface area contributed by atoms with E-state index in [9.17, 15) is 30.0 Å². The monoisotopic (exact) mass is 730 g/mol. The summed E-state index contributed by atoms with van der Waals surface area (Å²) < 4.78 is 37.9. The second kappa shape index (κ2) is 19.3. The summed E-state index contributed by atoms with van der Waals surface area (Å²) in [7, 11) is 5.69. The van der Waals surface area contributed by atoms with Crippen LogP contribution in [0.25, 0.3) is 12.2 Å². The number of hydrogen-bond acceptors (Lipinski definition) is 13. The van der Waals surface area contributed by atoms with Gasteiger partial charge in [-0.3, -0.25) is 0 Å². The summed E-state index contributed by atoms with van der Waals surface area (Å²) in [6, 6.07) is 18.8. The molecular weight excluding hydrogens is 688 g/mol. The van der Waals surface area contributed by atoms with Gasteiger partial charge in [0.1, 0.15) is 12.7 Å². The number of aryl methyl sites for hydroxylation is 1. The molecule has 0 bridgehead atoms. The van der Waals surface area contributed by atoms with Gasteiger partial charge in [-0.05, 0) is 95.8 Å². The van der Waals surface area contributed by atoms with Crippen LogP contribution in [0.3, 0.4) is 0 Å². The van der Waals surface area contributed by atoms with Crippen molar-refractivity contribution >= 4 is 24.1 Å². The number of aliphatic hydroxyl groups is 1. The molecule has 0 spiro atoms. The Morgan fingerprint density at radius 1 is 0.623 bits per heavy atom. The molecule has 4 aromatic rings. The van der Waals surface area contributed by atoms with Crippen molar-refractivity contribution in [3.8, 4) is 46.0 Å². The summed E-state index contributed by atoms with van der Waals surface area (Å²) in [5.74, 6) is -0.151.